The van der Waals surface area contributed by atoms with Crippen LogP contribution in [-0.4, -0.2) is 37.2 Å². The summed E-state index contributed by atoms with van der Waals surface area (Å²) in [6.07, 6.45) is 55.5. The van der Waals surface area contributed by atoms with Gasteiger partial charge in [-0.1, -0.05) is 231 Å². The number of allylic oxidation sites excluding steroid dienone is 6. The molecule has 6 heteroatoms. The van der Waals surface area contributed by atoms with Gasteiger partial charge in [-0.15, -0.1) is 0 Å². The number of rotatable bonds is 46. The van der Waals surface area contributed by atoms with Gasteiger partial charge in [0.05, 0.1) is 0 Å². The second-order valence-electron chi connectivity index (χ2n) is 17.1. The van der Waals surface area contributed by atoms with E-state index in [9.17, 15) is 14.4 Å². The highest BCUT2D eigenvalue weighted by Gasteiger charge is 2.19. The molecule has 1 unspecified atom stereocenters. The van der Waals surface area contributed by atoms with Gasteiger partial charge in [0.25, 0.3) is 0 Å². The first-order valence-corrected chi connectivity index (χ1v) is 25.5. The molecule has 344 valence electrons. The average Bonchev–Trinajstić information content (AvgIpc) is 3.23. The van der Waals surface area contributed by atoms with Gasteiger partial charge in [0.2, 0.25) is 0 Å². The van der Waals surface area contributed by atoms with E-state index in [1.54, 1.807) is 0 Å². The van der Waals surface area contributed by atoms with E-state index in [0.717, 1.165) is 83.5 Å². The third kappa shape index (κ3) is 46.5. The third-order valence-electron chi connectivity index (χ3n) is 11.2. The summed E-state index contributed by atoms with van der Waals surface area (Å²) in [5.41, 5.74) is 0. The second-order valence-corrected chi connectivity index (χ2v) is 17.1. The van der Waals surface area contributed by atoms with Crippen LogP contribution >= 0.6 is 0 Å². The lowest BCUT2D eigenvalue weighted by molar-refractivity contribution is -0.167. The molecule has 0 spiro atoms. The number of hydrogen-bond donors (Lipinski definition) is 0. The molecule has 0 bridgehead atoms. The SMILES string of the molecule is CC/C=C\C/C=C\C/C=C\CCCCCCCCC(=O)OCC(COC(=O)CCCCCCCCCCCC)OC(=O)CCCCCCCCCCCCCCCCC. The van der Waals surface area contributed by atoms with Crippen molar-refractivity contribution in [1.29, 1.82) is 0 Å². The monoisotopic (exact) mass is 829 g/mol. The van der Waals surface area contributed by atoms with Crippen molar-refractivity contribution < 1.29 is 28.6 Å². The number of carbonyl (C=O) groups excluding carboxylic acids is 3. The third-order valence-corrected chi connectivity index (χ3v) is 11.2. The Kier molecular flexibility index (Phi) is 46.4. The van der Waals surface area contributed by atoms with Gasteiger partial charge in [-0.25, -0.2) is 0 Å². The zero-order valence-electron chi connectivity index (χ0n) is 39.3. The van der Waals surface area contributed by atoms with E-state index < -0.39 is 6.10 Å². The second kappa shape index (κ2) is 48.3. The molecule has 0 aromatic carbocycles. The first kappa shape index (κ1) is 56.6. The van der Waals surface area contributed by atoms with Crippen molar-refractivity contribution in [3.05, 3.63) is 36.5 Å². The van der Waals surface area contributed by atoms with Crippen molar-refractivity contribution in [2.75, 3.05) is 13.2 Å². The highest BCUT2D eigenvalue weighted by atomic mass is 16.6. The largest absolute Gasteiger partial charge is 0.462 e. The van der Waals surface area contributed by atoms with Gasteiger partial charge in [0, 0.05) is 19.3 Å². The van der Waals surface area contributed by atoms with Crippen LogP contribution in [0.15, 0.2) is 36.5 Å². The predicted octanol–water partition coefficient (Wildman–Crippen LogP) is 16.5. The first-order valence-electron chi connectivity index (χ1n) is 25.5. The van der Waals surface area contributed by atoms with Crippen molar-refractivity contribution >= 4 is 17.9 Å². The van der Waals surface area contributed by atoms with Gasteiger partial charge < -0.3 is 14.2 Å². The van der Waals surface area contributed by atoms with Gasteiger partial charge in [-0.2, -0.15) is 0 Å². The van der Waals surface area contributed by atoms with Crippen LogP contribution in [0.5, 0.6) is 0 Å². The Morgan fingerprint density at radius 3 is 1.03 bits per heavy atom. The summed E-state index contributed by atoms with van der Waals surface area (Å²) in [6, 6.07) is 0. The van der Waals surface area contributed by atoms with Gasteiger partial charge in [-0.3, -0.25) is 14.4 Å². The molecule has 0 radical (unpaired) electrons. The maximum Gasteiger partial charge on any atom is 0.306 e. The van der Waals surface area contributed by atoms with Crippen LogP contribution < -0.4 is 0 Å². The number of hydrogen-bond acceptors (Lipinski definition) is 6. The summed E-state index contributed by atoms with van der Waals surface area (Å²) in [6.45, 7) is 6.52. The molecule has 1 atom stereocenters. The van der Waals surface area contributed by atoms with Crippen LogP contribution in [0.3, 0.4) is 0 Å². The molecule has 59 heavy (non-hydrogen) atoms. The Labute approximate surface area is 365 Å². The molecule has 0 saturated carbocycles. The van der Waals surface area contributed by atoms with Crippen LogP contribution in [0.4, 0.5) is 0 Å². The standard InChI is InChI=1S/C53H96O6/c1-4-7-10-13-16-19-22-24-26-28-29-31-34-37-40-43-46-52(55)58-49-50(48-57-51(54)45-42-39-36-33-21-18-15-12-9-6-3)59-53(56)47-44-41-38-35-32-30-27-25-23-20-17-14-11-8-5-2/h7,10,16,19,24,26,50H,4-6,8-9,11-15,17-18,20-23,25,27-49H2,1-3H3/b10-7-,19-16-,26-24-. The molecule has 0 aliphatic rings. The van der Waals surface area contributed by atoms with E-state index in [2.05, 4.69) is 57.2 Å². The summed E-state index contributed by atoms with van der Waals surface area (Å²) >= 11 is 0. The minimum Gasteiger partial charge on any atom is -0.462 e. The normalized spacial score (nSPS) is 12.3. The van der Waals surface area contributed by atoms with E-state index in [1.165, 1.54) is 141 Å². The van der Waals surface area contributed by atoms with Crippen LogP contribution in [0.2, 0.25) is 0 Å². The Morgan fingerprint density at radius 2 is 0.661 bits per heavy atom. The molecule has 0 fully saturated rings. The molecule has 6 nitrogen and oxygen atoms in total. The average molecular weight is 829 g/mol. The number of unbranched alkanes of at least 4 members (excludes halogenated alkanes) is 29. The van der Waals surface area contributed by atoms with Crippen molar-refractivity contribution in [2.24, 2.45) is 0 Å². The molecule has 0 amide bonds. The van der Waals surface area contributed by atoms with Gasteiger partial charge >= 0.3 is 17.9 Å². The van der Waals surface area contributed by atoms with Crippen LogP contribution in [0.1, 0.15) is 265 Å². The molecule has 0 saturated heterocycles. The molecule has 0 aliphatic heterocycles. The zero-order valence-corrected chi connectivity index (χ0v) is 39.3. The molecule has 0 N–H and O–H groups in total. The Morgan fingerprint density at radius 1 is 0.356 bits per heavy atom. The number of esters is 3. The van der Waals surface area contributed by atoms with E-state index >= 15 is 0 Å². The quantitative estimate of drug-likeness (QED) is 0.0263. The minimum atomic E-state index is -0.771. The minimum absolute atomic E-state index is 0.0724. The number of ether oxygens (including phenoxy) is 3. The maximum absolute atomic E-state index is 12.8. The summed E-state index contributed by atoms with van der Waals surface area (Å²) in [7, 11) is 0. The topological polar surface area (TPSA) is 78.9 Å². The maximum atomic E-state index is 12.8. The molecular weight excluding hydrogens is 733 g/mol. The molecule has 0 rings (SSSR count). The van der Waals surface area contributed by atoms with Gasteiger partial charge in [0.15, 0.2) is 6.10 Å². The molecule has 0 heterocycles. The lowest BCUT2D eigenvalue weighted by Crippen LogP contribution is -2.30. The molecule has 0 aliphatic carbocycles. The molecule has 0 aromatic heterocycles. The molecular formula is C53H96O6. The van der Waals surface area contributed by atoms with Gasteiger partial charge in [-0.05, 0) is 51.4 Å². The van der Waals surface area contributed by atoms with Crippen molar-refractivity contribution in [1.82, 2.24) is 0 Å². The molecule has 0 aromatic rings. The lowest BCUT2D eigenvalue weighted by Gasteiger charge is -2.18. The fourth-order valence-corrected chi connectivity index (χ4v) is 7.34. The summed E-state index contributed by atoms with van der Waals surface area (Å²) < 4.78 is 16.8. The number of carbonyl (C=O) groups is 3. The van der Waals surface area contributed by atoms with Crippen LogP contribution in [-0.2, 0) is 28.6 Å². The predicted molar refractivity (Wildman–Crippen MR) is 252 cm³/mol. The lowest BCUT2D eigenvalue weighted by atomic mass is 10.0. The van der Waals surface area contributed by atoms with Crippen molar-refractivity contribution in [2.45, 2.75) is 271 Å². The summed E-state index contributed by atoms with van der Waals surface area (Å²) in [4.78, 5) is 37.9. The Hall–Kier alpha value is -2.37. The zero-order chi connectivity index (χ0) is 43.0. The Balaban J connectivity index is 4.34. The highest BCUT2D eigenvalue weighted by Crippen LogP contribution is 2.16. The van der Waals surface area contributed by atoms with E-state index in [1.807, 2.05) is 0 Å². The van der Waals surface area contributed by atoms with Crippen LogP contribution in [0, 0.1) is 0 Å². The smallest absolute Gasteiger partial charge is 0.306 e. The summed E-state index contributed by atoms with van der Waals surface area (Å²) in [5, 5.41) is 0. The van der Waals surface area contributed by atoms with E-state index in [-0.39, 0.29) is 31.1 Å². The van der Waals surface area contributed by atoms with Crippen molar-refractivity contribution in [3.63, 3.8) is 0 Å². The fourth-order valence-electron chi connectivity index (χ4n) is 7.34. The fraction of sp³-hybridized carbons (Fsp3) is 0.830. The first-order chi connectivity index (χ1) is 29.0. The van der Waals surface area contributed by atoms with Crippen LogP contribution in [0.25, 0.3) is 0 Å². The van der Waals surface area contributed by atoms with E-state index in [0.29, 0.717) is 19.3 Å². The summed E-state index contributed by atoms with van der Waals surface area (Å²) in [5.74, 6) is -0.876. The van der Waals surface area contributed by atoms with Crippen molar-refractivity contribution in [3.8, 4) is 0 Å². The Bertz CT molecular complexity index is 1000. The highest BCUT2D eigenvalue weighted by molar-refractivity contribution is 5.71. The van der Waals surface area contributed by atoms with E-state index in [4.69, 9.17) is 14.2 Å². The van der Waals surface area contributed by atoms with Gasteiger partial charge in [0.1, 0.15) is 13.2 Å².